The second-order valence-electron chi connectivity index (χ2n) is 9.36. The summed E-state index contributed by atoms with van der Waals surface area (Å²) in [4.78, 5) is 22.4. The molecule has 0 spiro atoms. The second-order valence-corrected chi connectivity index (χ2v) is 9.36. The summed E-state index contributed by atoms with van der Waals surface area (Å²) in [6.07, 6.45) is 6.60. The molecule has 10 heteroatoms. The van der Waals surface area contributed by atoms with Gasteiger partial charge in [0.05, 0.1) is 37.1 Å². The van der Waals surface area contributed by atoms with Gasteiger partial charge in [-0.1, -0.05) is 45.0 Å². The number of aryl methyl sites for hydroxylation is 1. The molecule has 0 aliphatic carbocycles. The third kappa shape index (κ3) is 4.18. The topological polar surface area (TPSA) is 117 Å². The Labute approximate surface area is 202 Å². The smallest absolute Gasteiger partial charge is 0.229 e. The Hall–Kier alpha value is -4.34. The van der Waals surface area contributed by atoms with Crippen molar-refractivity contribution < 1.29 is 9.84 Å². The standard InChI is InChI=1S/C25H26N8O2/c1-25(2,3)20-19(24(35-5)28-14-27-20)21-26-10-17-11-29-33(23(17)31-21)12-15-6-8-16(9-7-15)22-30-18(34)13-32(22)4/h6-11,13-14,34H,12H2,1-5H3. The van der Waals surface area contributed by atoms with Crippen LogP contribution in [0.1, 0.15) is 32.0 Å². The van der Waals surface area contributed by atoms with E-state index < -0.39 is 0 Å². The quantitative estimate of drug-likeness (QED) is 0.413. The minimum atomic E-state index is -0.254. The average Bonchev–Trinajstić information content (AvgIpc) is 3.39. The lowest BCUT2D eigenvalue weighted by molar-refractivity contribution is 0.395. The predicted molar refractivity (Wildman–Crippen MR) is 131 cm³/mol. The molecule has 10 nitrogen and oxygen atoms in total. The summed E-state index contributed by atoms with van der Waals surface area (Å²) >= 11 is 0. The molecule has 0 saturated heterocycles. The van der Waals surface area contributed by atoms with Crippen LogP contribution in [0, 0.1) is 0 Å². The number of aromatic nitrogens is 8. The Balaban J connectivity index is 1.51. The molecule has 0 fully saturated rings. The fraction of sp³-hybridized carbons (Fsp3) is 0.280. The van der Waals surface area contributed by atoms with Gasteiger partial charge in [0.1, 0.15) is 17.7 Å². The van der Waals surface area contributed by atoms with Gasteiger partial charge < -0.3 is 14.4 Å². The van der Waals surface area contributed by atoms with Crippen molar-refractivity contribution in [2.75, 3.05) is 7.11 Å². The molecular weight excluding hydrogens is 444 g/mol. The predicted octanol–water partition coefficient (Wildman–Crippen LogP) is 3.74. The number of ether oxygens (including phenoxy) is 1. The fourth-order valence-electron chi connectivity index (χ4n) is 4.05. The van der Waals surface area contributed by atoms with Crippen molar-refractivity contribution in [3.05, 3.63) is 60.4 Å². The fourth-order valence-corrected chi connectivity index (χ4v) is 4.05. The molecule has 0 amide bonds. The number of hydrogen-bond donors (Lipinski definition) is 1. The molecule has 1 aromatic carbocycles. The summed E-state index contributed by atoms with van der Waals surface area (Å²) in [7, 11) is 3.43. The van der Waals surface area contributed by atoms with Crippen LogP contribution < -0.4 is 4.74 Å². The molecule has 4 aromatic heterocycles. The van der Waals surface area contributed by atoms with Crippen LogP contribution in [0.4, 0.5) is 0 Å². The van der Waals surface area contributed by atoms with Gasteiger partial charge in [-0.25, -0.2) is 24.6 Å². The number of nitrogens with zero attached hydrogens (tertiary/aromatic N) is 8. The minimum absolute atomic E-state index is 0.000130. The van der Waals surface area contributed by atoms with E-state index >= 15 is 0 Å². The normalized spacial score (nSPS) is 11.8. The highest BCUT2D eigenvalue weighted by Gasteiger charge is 2.26. The number of aromatic hydroxyl groups is 1. The maximum absolute atomic E-state index is 9.65. The third-order valence-corrected chi connectivity index (χ3v) is 5.72. The van der Waals surface area contributed by atoms with Crippen LogP contribution in [0.25, 0.3) is 33.8 Å². The van der Waals surface area contributed by atoms with Crippen molar-refractivity contribution in [3.63, 3.8) is 0 Å². The first-order valence-corrected chi connectivity index (χ1v) is 11.1. The van der Waals surface area contributed by atoms with Crippen molar-refractivity contribution >= 4 is 11.0 Å². The van der Waals surface area contributed by atoms with Gasteiger partial charge in [0.15, 0.2) is 11.5 Å². The molecule has 4 heterocycles. The Bertz CT molecular complexity index is 1510. The summed E-state index contributed by atoms with van der Waals surface area (Å²) in [5.74, 6) is 1.63. The molecule has 0 aliphatic rings. The van der Waals surface area contributed by atoms with Crippen LogP contribution in [-0.4, -0.2) is 51.5 Å². The molecule has 0 unspecified atom stereocenters. The first kappa shape index (κ1) is 22.5. The van der Waals surface area contributed by atoms with Gasteiger partial charge in [-0.3, -0.25) is 0 Å². The molecule has 5 rings (SSSR count). The van der Waals surface area contributed by atoms with E-state index in [9.17, 15) is 5.11 Å². The lowest BCUT2D eigenvalue weighted by Gasteiger charge is -2.21. The molecule has 0 radical (unpaired) electrons. The van der Waals surface area contributed by atoms with Crippen LogP contribution in [0.5, 0.6) is 11.8 Å². The number of hydrogen-bond acceptors (Lipinski definition) is 8. The van der Waals surface area contributed by atoms with Crippen LogP contribution in [0.15, 0.2) is 49.2 Å². The van der Waals surface area contributed by atoms with E-state index in [0.29, 0.717) is 35.3 Å². The zero-order valence-electron chi connectivity index (χ0n) is 20.3. The van der Waals surface area contributed by atoms with Gasteiger partial charge >= 0.3 is 0 Å². The molecule has 1 N–H and O–H groups in total. The van der Waals surface area contributed by atoms with Gasteiger partial charge in [0.25, 0.3) is 0 Å². The van der Waals surface area contributed by atoms with Crippen molar-refractivity contribution in [2.24, 2.45) is 7.05 Å². The SMILES string of the molecule is COc1ncnc(C(C)(C)C)c1-c1ncc2cnn(Cc3ccc(-c4nc(O)cn4C)cc3)c2n1. The largest absolute Gasteiger partial charge is 0.492 e. The van der Waals surface area contributed by atoms with Gasteiger partial charge in [0.2, 0.25) is 11.8 Å². The highest BCUT2D eigenvalue weighted by molar-refractivity contribution is 5.77. The van der Waals surface area contributed by atoms with Crippen molar-refractivity contribution in [1.29, 1.82) is 0 Å². The lowest BCUT2D eigenvalue weighted by Crippen LogP contribution is -2.17. The summed E-state index contributed by atoms with van der Waals surface area (Å²) in [5, 5.41) is 15.0. The Morgan fingerprint density at radius 3 is 2.43 bits per heavy atom. The number of fused-ring (bicyclic) bond motifs is 1. The lowest BCUT2D eigenvalue weighted by atomic mass is 9.88. The summed E-state index contributed by atoms with van der Waals surface area (Å²) < 4.78 is 9.17. The van der Waals surface area contributed by atoms with Gasteiger partial charge in [0, 0.05) is 24.2 Å². The minimum Gasteiger partial charge on any atom is -0.492 e. The number of rotatable bonds is 5. The molecule has 0 bridgehead atoms. The van der Waals surface area contributed by atoms with Crippen LogP contribution >= 0.6 is 0 Å². The van der Waals surface area contributed by atoms with Crippen molar-refractivity contribution in [3.8, 4) is 34.5 Å². The highest BCUT2D eigenvalue weighted by atomic mass is 16.5. The van der Waals surface area contributed by atoms with Crippen LogP contribution in [-0.2, 0) is 19.0 Å². The molecular formula is C25H26N8O2. The van der Waals surface area contributed by atoms with Crippen LogP contribution in [0.3, 0.4) is 0 Å². The zero-order chi connectivity index (χ0) is 24.7. The van der Waals surface area contributed by atoms with E-state index in [1.165, 1.54) is 6.33 Å². The van der Waals surface area contributed by atoms with Crippen molar-refractivity contribution in [2.45, 2.75) is 32.7 Å². The maximum Gasteiger partial charge on any atom is 0.229 e. The van der Waals surface area contributed by atoms with E-state index in [0.717, 1.165) is 22.2 Å². The van der Waals surface area contributed by atoms with E-state index in [1.807, 2.05) is 36.0 Å². The van der Waals surface area contributed by atoms with Gasteiger partial charge in [-0.15, -0.1) is 0 Å². The first-order chi connectivity index (χ1) is 16.7. The third-order valence-electron chi connectivity index (χ3n) is 5.72. The summed E-state index contributed by atoms with van der Waals surface area (Å²) in [6, 6.07) is 7.99. The van der Waals surface area contributed by atoms with Gasteiger partial charge in [-0.2, -0.15) is 10.1 Å². The van der Waals surface area contributed by atoms with E-state index in [4.69, 9.17) is 9.72 Å². The van der Waals surface area contributed by atoms with Crippen molar-refractivity contribution in [1.82, 2.24) is 39.3 Å². The number of benzene rings is 1. The Kier molecular flexibility index (Phi) is 5.43. The number of methoxy groups -OCH3 is 1. The molecule has 0 aliphatic heterocycles. The van der Waals surface area contributed by atoms with Crippen LogP contribution in [0.2, 0.25) is 0 Å². The molecule has 5 aromatic rings. The molecule has 0 saturated carbocycles. The number of imidazole rings is 1. The molecule has 35 heavy (non-hydrogen) atoms. The average molecular weight is 471 g/mol. The highest BCUT2D eigenvalue weighted by Crippen LogP contribution is 2.35. The Morgan fingerprint density at radius 1 is 1.00 bits per heavy atom. The Morgan fingerprint density at radius 2 is 1.77 bits per heavy atom. The monoisotopic (exact) mass is 470 g/mol. The molecule has 178 valence electrons. The summed E-state index contributed by atoms with van der Waals surface area (Å²) in [5.41, 5.74) is 3.91. The second kappa shape index (κ2) is 8.46. The maximum atomic E-state index is 9.65. The van der Waals surface area contributed by atoms with E-state index in [1.54, 1.807) is 30.3 Å². The first-order valence-electron chi connectivity index (χ1n) is 11.1. The molecule has 0 atom stereocenters. The van der Waals surface area contributed by atoms with Gasteiger partial charge in [-0.05, 0) is 5.56 Å². The van der Waals surface area contributed by atoms with E-state index in [2.05, 4.69) is 45.8 Å². The zero-order valence-corrected chi connectivity index (χ0v) is 20.3. The summed E-state index contributed by atoms with van der Waals surface area (Å²) in [6.45, 7) is 6.77. The van der Waals surface area contributed by atoms with E-state index in [-0.39, 0.29) is 11.3 Å².